The number of hydrogen-bond acceptors (Lipinski definition) is 6. The van der Waals surface area contributed by atoms with Crippen LogP contribution in [0.3, 0.4) is 0 Å². The highest BCUT2D eigenvalue weighted by Crippen LogP contribution is 2.42. The number of benzene rings is 4. The lowest BCUT2D eigenvalue weighted by atomic mass is 9.89. The normalized spacial score (nSPS) is 14.6. The number of carbonyl (C=O) groups is 1. The van der Waals surface area contributed by atoms with Gasteiger partial charge < -0.3 is 14.0 Å². The zero-order valence-corrected chi connectivity index (χ0v) is 29.3. The first-order valence-corrected chi connectivity index (χ1v) is 17.2. The average molecular weight is 719 g/mol. The summed E-state index contributed by atoms with van der Waals surface area (Å²) in [5.41, 5.74) is 5.95. The van der Waals surface area contributed by atoms with Crippen molar-refractivity contribution < 1.29 is 14.3 Å². The molecule has 4 aromatic carbocycles. The second-order valence-electron chi connectivity index (χ2n) is 11.5. The molecule has 0 saturated carbocycles. The van der Waals surface area contributed by atoms with E-state index in [9.17, 15) is 9.59 Å². The third kappa shape index (κ3) is 5.42. The first-order chi connectivity index (χ1) is 23.3. The molecule has 0 bridgehead atoms. The average Bonchev–Trinajstić information content (AvgIpc) is 3.57. The molecule has 7 rings (SSSR count). The number of methoxy groups -OCH3 is 1. The summed E-state index contributed by atoms with van der Waals surface area (Å²) >= 11 is 4.83. The Bertz CT molecular complexity index is 2420. The minimum atomic E-state index is -0.867. The van der Waals surface area contributed by atoms with Crippen molar-refractivity contribution in [2.45, 2.75) is 26.8 Å². The number of nitrogens with zero attached hydrogens (tertiary/aromatic N) is 3. The molecule has 7 nitrogen and oxygen atoms in total. The Morgan fingerprint density at radius 2 is 1.71 bits per heavy atom. The van der Waals surface area contributed by atoms with E-state index < -0.39 is 12.0 Å². The Morgan fingerprint density at radius 1 is 0.979 bits per heavy atom. The molecule has 3 heterocycles. The number of aryl methyl sites for hydroxylation is 1. The van der Waals surface area contributed by atoms with Gasteiger partial charge in [0.2, 0.25) is 0 Å². The van der Waals surface area contributed by atoms with E-state index in [0.29, 0.717) is 26.3 Å². The van der Waals surface area contributed by atoms with Crippen LogP contribution in [0, 0.1) is 13.8 Å². The molecule has 2 aromatic heterocycles. The van der Waals surface area contributed by atoms with Crippen LogP contribution in [0.25, 0.3) is 28.2 Å². The highest BCUT2D eigenvalue weighted by Gasteiger charge is 2.37. The number of ether oxygens (including phenoxy) is 2. The maximum atomic E-state index is 14.7. The van der Waals surface area contributed by atoms with E-state index in [0.717, 1.165) is 43.4 Å². The van der Waals surface area contributed by atoms with Crippen molar-refractivity contribution in [1.82, 2.24) is 9.13 Å². The van der Waals surface area contributed by atoms with Crippen LogP contribution in [-0.2, 0) is 9.53 Å². The molecule has 0 radical (unpaired) electrons. The Balaban J connectivity index is 1.54. The van der Waals surface area contributed by atoms with Gasteiger partial charge in [0.25, 0.3) is 5.56 Å². The molecule has 0 N–H and O–H groups in total. The van der Waals surface area contributed by atoms with Crippen LogP contribution < -0.4 is 19.6 Å². The largest absolute Gasteiger partial charge is 0.496 e. The van der Waals surface area contributed by atoms with E-state index in [1.165, 1.54) is 11.3 Å². The molecule has 1 aliphatic heterocycles. The minimum Gasteiger partial charge on any atom is -0.496 e. The third-order valence-electron chi connectivity index (χ3n) is 8.64. The van der Waals surface area contributed by atoms with Crippen molar-refractivity contribution in [2.24, 2.45) is 4.99 Å². The Hall–Kier alpha value is -4.99. The Morgan fingerprint density at radius 3 is 2.44 bits per heavy atom. The van der Waals surface area contributed by atoms with Gasteiger partial charge in [0.15, 0.2) is 4.80 Å². The van der Waals surface area contributed by atoms with E-state index in [-0.39, 0.29) is 17.7 Å². The highest BCUT2D eigenvalue weighted by molar-refractivity contribution is 9.10. The number of hydrogen-bond donors (Lipinski definition) is 0. The molecule has 9 heteroatoms. The first kappa shape index (κ1) is 31.6. The van der Waals surface area contributed by atoms with Crippen molar-refractivity contribution in [2.75, 3.05) is 13.7 Å². The number of carbonyl (C=O) groups excluding carboxylic acids is 1. The lowest BCUT2D eigenvalue weighted by molar-refractivity contribution is -0.138. The molecular weight excluding hydrogens is 686 g/mol. The second kappa shape index (κ2) is 12.9. The van der Waals surface area contributed by atoms with Gasteiger partial charge in [-0.15, -0.1) is 0 Å². The van der Waals surface area contributed by atoms with Gasteiger partial charge in [-0.25, -0.2) is 9.79 Å². The van der Waals surface area contributed by atoms with Gasteiger partial charge in [0, 0.05) is 32.7 Å². The fourth-order valence-electron chi connectivity index (χ4n) is 6.51. The van der Waals surface area contributed by atoms with Crippen LogP contribution in [0.5, 0.6) is 5.75 Å². The molecule has 1 aliphatic rings. The van der Waals surface area contributed by atoms with Gasteiger partial charge in [-0.1, -0.05) is 87.9 Å². The summed E-state index contributed by atoms with van der Waals surface area (Å²) in [7, 11) is 1.60. The number of esters is 1. The van der Waals surface area contributed by atoms with Gasteiger partial charge in [-0.3, -0.25) is 9.36 Å². The van der Waals surface area contributed by atoms with Gasteiger partial charge in [-0.2, -0.15) is 0 Å². The lowest BCUT2D eigenvalue weighted by Gasteiger charge is -2.28. The summed E-state index contributed by atoms with van der Waals surface area (Å²) < 4.78 is 16.9. The predicted molar refractivity (Wildman–Crippen MR) is 195 cm³/mol. The van der Waals surface area contributed by atoms with Crippen molar-refractivity contribution in [3.63, 3.8) is 0 Å². The SMILES string of the molecule is CCOC(=O)C1=C(c2ccccc2)N=c2sc(=Cc3cc(C)n(-c4ccc(Br)cc4)c3C)c(=O)n2[C@@H]1c1c(OC)ccc2ccccc12. The van der Waals surface area contributed by atoms with E-state index in [4.69, 9.17) is 14.5 Å². The quantitative estimate of drug-likeness (QED) is 0.163. The van der Waals surface area contributed by atoms with Crippen molar-refractivity contribution in [3.05, 3.63) is 155 Å². The molecule has 0 unspecified atom stereocenters. The fraction of sp³-hybridized carbons (Fsp3) is 0.154. The van der Waals surface area contributed by atoms with Crippen LogP contribution in [0.1, 0.15) is 41.0 Å². The highest BCUT2D eigenvalue weighted by atomic mass is 79.9. The fourth-order valence-corrected chi connectivity index (χ4v) is 7.77. The molecule has 0 aliphatic carbocycles. The monoisotopic (exact) mass is 717 g/mol. The molecule has 0 spiro atoms. The van der Waals surface area contributed by atoms with Crippen LogP contribution >= 0.6 is 27.3 Å². The van der Waals surface area contributed by atoms with Crippen molar-refractivity contribution in [3.8, 4) is 11.4 Å². The smallest absolute Gasteiger partial charge is 0.338 e. The van der Waals surface area contributed by atoms with Gasteiger partial charge in [-0.05, 0) is 79.6 Å². The minimum absolute atomic E-state index is 0.169. The van der Waals surface area contributed by atoms with Crippen molar-refractivity contribution >= 4 is 55.8 Å². The van der Waals surface area contributed by atoms with E-state index in [1.807, 2.05) is 91.9 Å². The number of rotatable bonds is 7. The Labute approximate surface area is 289 Å². The summed E-state index contributed by atoms with van der Waals surface area (Å²) in [5.74, 6) is 0.0230. The number of aromatic nitrogens is 2. The molecule has 6 aromatic rings. The summed E-state index contributed by atoms with van der Waals surface area (Å²) in [6.45, 7) is 6.04. The second-order valence-corrected chi connectivity index (χ2v) is 13.4. The molecule has 0 saturated heterocycles. The van der Waals surface area contributed by atoms with Gasteiger partial charge in [0.05, 0.1) is 29.5 Å². The molecular formula is C39H32BrN3O4S. The Kier molecular flexibility index (Phi) is 8.49. The predicted octanol–water partition coefficient (Wildman–Crippen LogP) is 7.27. The topological polar surface area (TPSA) is 74.8 Å². The zero-order chi connectivity index (χ0) is 33.5. The number of fused-ring (bicyclic) bond motifs is 2. The van der Waals surface area contributed by atoms with Crippen LogP contribution in [0.2, 0.25) is 0 Å². The molecule has 0 fully saturated rings. The lowest BCUT2D eigenvalue weighted by Crippen LogP contribution is -2.40. The number of halogens is 1. The maximum absolute atomic E-state index is 14.7. The maximum Gasteiger partial charge on any atom is 0.338 e. The van der Waals surface area contributed by atoms with E-state index in [1.54, 1.807) is 18.6 Å². The summed E-state index contributed by atoms with van der Waals surface area (Å²) in [6, 6.07) is 30.7. The summed E-state index contributed by atoms with van der Waals surface area (Å²) in [6.07, 6.45) is 1.93. The standard InChI is InChI=1S/C39H32BrN3O4S/c1-5-47-38(45)34-35(26-12-7-6-8-13-26)41-39-43(36(34)33-30-14-10-9-11-25(30)15-20-31(33)46-4)37(44)32(48-39)22-27-21-23(2)42(24(27)3)29-18-16-28(40)17-19-29/h6-22,36H,5H2,1-4H3/t36-/m1/s1. The zero-order valence-electron chi connectivity index (χ0n) is 26.9. The van der Waals surface area contributed by atoms with E-state index >= 15 is 0 Å². The molecule has 240 valence electrons. The summed E-state index contributed by atoms with van der Waals surface area (Å²) in [4.78, 5) is 34.2. The summed E-state index contributed by atoms with van der Waals surface area (Å²) in [5, 5.41) is 1.82. The first-order valence-electron chi connectivity index (χ1n) is 15.6. The van der Waals surface area contributed by atoms with E-state index in [2.05, 4.69) is 45.6 Å². The van der Waals surface area contributed by atoms with Gasteiger partial charge >= 0.3 is 5.97 Å². The van der Waals surface area contributed by atoms with Gasteiger partial charge in [0.1, 0.15) is 11.8 Å². The van der Waals surface area contributed by atoms with Crippen LogP contribution in [0.4, 0.5) is 0 Å². The molecule has 0 amide bonds. The van der Waals surface area contributed by atoms with Crippen LogP contribution in [-0.4, -0.2) is 28.8 Å². The number of thiazole rings is 1. The van der Waals surface area contributed by atoms with Crippen molar-refractivity contribution in [1.29, 1.82) is 0 Å². The molecule has 1 atom stereocenters. The third-order valence-corrected chi connectivity index (χ3v) is 10.2. The van der Waals surface area contributed by atoms with Crippen LogP contribution in [0.15, 0.2) is 117 Å². The molecule has 48 heavy (non-hydrogen) atoms.